The lowest BCUT2D eigenvalue weighted by atomic mass is 10.0. The number of halogens is 2. The zero-order chi connectivity index (χ0) is 23.9. The average molecular weight is 494 g/mol. The highest BCUT2D eigenvalue weighted by Gasteiger charge is 2.18. The van der Waals surface area contributed by atoms with E-state index >= 15 is 0 Å². The molecule has 5 aromatic rings. The van der Waals surface area contributed by atoms with Crippen molar-refractivity contribution in [2.24, 2.45) is 0 Å². The Balaban J connectivity index is 1.55. The molecule has 0 aliphatic rings. The van der Waals surface area contributed by atoms with Crippen LogP contribution in [0.5, 0.6) is 0 Å². The van der Waals surface area contributed by atoms with Crippen molar-refractivity contribution in [3.05, 3.63) is 90.2 Å². The van der Waals surface area contributed by atoms with E-state index in [1.54, 1.807) is 48.8 Å². The number of benzene rings is 2. The number of anilines is 2. The monoisotopic (exact) mass is 493 g/mol. The van der Waals surface area contributed by atoms with Crippen LogP contribution in [0.1, 0.15) is 0 Å². The van der Waals surface area contributed by atoms with Gasteiger partial charge in [-0.05, 0) is 42.5 Å². The van der Waals surface area contributed by atoms with Crippen LogP contribution in [0.3, 0.4) is 0 Å². The van der Waals surface area contributed by atoms with Crippen molar-refractivity contribution in [3.8, 4) is 22.3 Å². The first-order valence-corrected chi connectivity index (χ1v) is 11.9. The minimum absolute atomic E-state index is 0.00331. The molecule has 0 saturated heterocycles. The van der Waals surface area contributed by atoms with Gasteiger partial charge in [-0.3, -0.25) is 4.72 Å². The van der Waals surface area contributed by atoms with Gasteiger partial charge in [-0.1, -0.05) is 29.8 Å². The summed E-state index contributed by atoms with van der Waals surface area (Å²) in [6.07, 6.45) is 4.81. The third-order valence-corrected chi connectivity index (χ3v) is 6.97. The van der Waals surface area contributed by atoms with Crippen molar-refractivity contribution in [2.75, 3.05) is 10.5 Å². The lowest BCUT2D eigenvalue weighted by molar-refractivity contribution is 0.601. The largest absolute Gasteiger partial charge is 0.399 e. The zero-order valence-electron chi connectivity index (χ0n) is 17.5. The maximum atomic E-state index is 14.6. The minimum Gasteiger partial charge on any atom is -0.399 e. The SMILES string of the molecule is Nc1ccc(-c2c[nH]c3ncc(-c4cnc(Cl)c(NS(=O)(=O)c5ccccc5)c4)cc23)c(F)c1. The van der Waals surface area contributed by atoms with E-state index in [0.717, 1.165) is 0 Å². The molecule has 0 unspecified atom stereocenters. The number of rotatable bonds is 5. The van der Waals surface area contributed by atoms with Crippen LogP contribution in [0.4, 0.5) is 15.8 Å². The standard InChI is InChI=1S/C24H17ClFN5O2S/c25-23-22(31-34(32,33)17-4-2-1-3-5-17)9-15(11-28-23)14-8-19-20(13-30-24(19)29-12-14)18-7-6-16(27)10-21(18)26/h1-13,31H,27H2,(H,29,30). The van der Waals surface area contributed by atoms with Gasteiger partial charge in [0, 0.05) is 51.9 Å². The Morgan fingerprint density at radius 2 is 1.68 bits per heavy atom. The fourth-order valence-electron chi connectivity index (χ4n) is 3.61. The summed E-state index contributed by atoms with van der Waals surface area (Å²) in [6, 6.07) is 15.9. The maximum Gasteiger partial charge on any atom is 0.261 e. The van der Waals surface area contributed by atoms with Crippen LogP contribution in [0, 0.1) is 5.82 Å². The van der Waals surface area contributed by atoms with Crippen molar-refractivity contribution in [2.45, 2.75) is 4.90 Å². The molecule has 0 bridgehead atoms. The third-order valence-electron chi connectivity index (χ3n) is 5.28. The van der Waals surface area contributed by atoms with Crippen molar-refractivity contribution in [3.63, 3.8) is 0 Å². The third kappa shape index (κ3) is 4.07. The van der Waals surface area contributed by atoms with Crippen LogP contribution in [0.2, 0.25) is 5.15 Å². The average Bonchev–Trinajstić information content (AvgIpc) is 3.24. The van der Waals surface area contributed by atoms with Gasteiger partial charge in [-0.25, -0.2) is 22.8 Å². The Labute approximate surface area is 199 Å². The molecule has 0 amide bonds. The highest BCUT2D eigenvalue weighted by atomic mass is 35.5. The molecule has 2 aromatic carbocycles. The highest BCUT2D eigenvalue weighted by molar-refractivity contribution is 7.92. The number of hydrogen-bond donors (Lipinski definition) is 3. The molecule has 0 spiro atoms. The molecule has 10 heteroatoms. The number of nitrogen functional groups attached to an aromatic ring is 1. The summed E-state index contributed by atoms with van der Waals surface area (Å²) in [4.78, 5) is 11.7. The van der Waals surface area contributed by atoms with Gasteiger partial charge in [0.2, 0.25) is 0 Å². The number of nitrogens with two attached hydrogens (primary N) is 1. The Kier molecular flexibility index (Phi) is 5.43. The van der Waals surface area contributed by atoms with Crippen molar-refractivity contribution in [1.29, 1.82) is 0 Å². The van der Waals surface area contributed by atoms with Gasteiger partial charge < -0.3 is 10.7 Å². The Bertz CT molecular complexity index is 1640. The molecule has 3 heterocycles. The summed E-state index contributed by atoms with van der Waals surface area (Å²) in [6.45, 7) is 0. The highest BCUT2D eigenvalue weighted by Crippen LogP contribution is 2.34. The second-order valence-corrected chi connectivity index (χ2v) is 9.58. The molecule has 3 aromatic heterocycles. The minimum atomic E-state index is -3.86. The van der Waals surface area contributed by atoms with Gasteiger partial charge in [-0.2, -0.15) is 0 Å². The smallest absolute Gasteiger partial charge is 0.261 e. The summed E-state index contributed by atoms with van der Waals surface area (Å²) in [5.74, 6) is -0.447. The predicted octanol–water partition coefficient (Wildman–Crippen LogP) is 5.47. The van der Waals surface area contributed by atoms with Gasteiger partial charge in [-0.15, -0.1) is 0 Å². The van der Waals surface area contributed by atoms with E-state index in [-0.39, 0.29) is 15.7 Å². The molecule has 170 valence electrons. The van der Waals surface area contributed by atoms with E-state index in [9.17, 15) is 12.8 Å². The van der Waals surface area contributed by atoms with Gasteiger partial charge in [0.1, 0.15) is 11.5 Å². The first kappa shape index (κ1) is 21.9. The summed E-state index contributed by atoms with van der Waals surface area (Å²) in [5.41, 5.74) is 8.93. The fraction of sp³-hybridized carbons (Fsp3) is 0. The molecule has 34 heavy (non-hydrogen) atoms. The van der Waals surface area contributed by atoms with Crippen LogP contribution < -0.4 is 10.5 Å². The molecule has 0 fully saturated rings. The van der Waals surface area contributed by atoms with E-state index < -0.39 is 15.8 Å². The van der Waals surface area contributed by atoms with E-state index in [1.165, 1.54) is 24.4 Å². The topological polar surface area (TPSA) is 114 Å². The van der Waals surface area contributed by atoms with Crippen molar-refractivity contribution >= 4 is 44.0 Å². The van der Waals surface area contributed by atoms with Crippen LogP contribution in [-0.2, 0) is 10.0 Å². The van der Waals surface area contributed by atoms with Crippen molar-refractivity contribution in [1.82, 2.24) is 15.0 Å². The number of pyridine rings is 2. The van der Waals surface area contributed by atoms with Gasteiger partial charge in [0.15, 0.2) is 5.15 Å². The number of hydrogen-bond acceptors (Lipinski definition) is 5. The van der Waals surface area contributed by atoms with Crippen molar-refractivity contribution < 1.29 is 12.8 Å². The van der Waals surface area contributed by atoms with Crippen LogP contribution in [0.25, 0.3) is 33.3 Å². The quantitative estimate of drug-likeness (QED) is 0.222. The van der Waals surface area contributed by atoms with Gasteiger partial charge in [0.25, 0.3) is 10.0 Å². The summed E-state index contributed by atoms with van der Waals surface area (Å²) in [7, 11) is -3.86. The molecule has 0 saturated carbocycles. The van der Waals surface area contributed by atoms with E-state index in [4.69, 9.17) is 17.3 Å². The number of sulfonamides is 1. The Hall–Kier alpha value is -3.95. The number of H-pyrrole nitrogens is 1. The van der Waals surface area contributed by atoms with Crippen LogP contribution >= 0.6 is 11.6 Å². The van der Waals surface area contributed by atoms with E-state index in [2.05, 4.69) is 19.7 Å². The number of nitrogens with zero attached hydrogens (tertiary/aromatic N) is 2. The molecular weight excluding hydrogens is 477 g/mol. The first-order valence-electron chi connectivity index (χ1n) is 10.1. The second-order valence-electron chi connectivity index (χ2n) is 7.54. The summed E-state index contributed by atoms with van der Waals surface area (Å²) in [5, 5.41) is 0.686. The summed E-state index contributed by atoms with van der Waals surface area (Å²) >= 11 is 6.18. The lowest BCUT2D eigenvalue weighted by Gasteiger charge is -2.11. The molecule has 0 atom stereocenters. The molecule has 7 nitrogen and oxygen atoms in total. The number of nitrogens with one attached hydrogen (secondary N) is 2. The zero-order valence-corrected chi connectivity index (χ0v) is 19.0. The Morgan fingerprint density at radius 1 is 0.941 bits per heavy atom. The molecule has 4 N–H and O–H groups in total. The summed E-state index contributed by atoms with van der Waals surface area (Å²) < 4.78 is 42.5. The van der Waals surface area contributed by atoms with E-state index in [0.29, 0.717) is 39.0 Å². The first-order chi connectivity index (χ1) is 16.3. The molecule has 0 radical (unpaired) electrons. The molecular formula is C24H17ClFN5O2S. The van der Waals surface area contributed by atoms with Crippen LogP contribution in [0.15, 0.2) is 84.1 Å². The number of aromatic amines is 1. The second kappa shape index (κ2) is 8.44. The van der Waals surface area contributed by atoms with E-state index in [1.807, 2.05) is 6.07 Å². The maximum absolute atomic E-state index is 14.6. The van der Waals surface area contributed by atoms with Crippen LogP contribution in [-0.4, -0.2) is 23.4 Å². The normalized spacial score (nSPS) is 11.6. The fourth-order valence-corrected chi connectivity index (χ4v) is 4.90. The predicted molar refractivity (Wildman–Crippen MR) is 131 cm³/mol. The molecule has 0 aliphatic carbocycles. The molecule has 0 aliphatic heterocycles. The van der Waals surface area contributed by atoms with Gasteiger partial charge in [0.05, 0.1) is 10.6 Å². The number of fused-ring (bicyclic) bond motifs is 1. The Morgan fingerprint density at radius 3 is 2.44 bits per heavy atom. The van der Waals surface area contributed by atoms with Gasteiger partial charge >= 0.3 is 0 Å². The molecule has 5 rings (SSSR count). The number of aromatic nitrogens is 3. The lowest BCUT2D eigenvalue weighted by Crippen LogP contribution is -2.13.